The van der Waals surface area contributed by atoms with Crippen molar-refractivity contribution >= 4 is 29.0 Å². The zero-order valence-electron chi connectivity index (χ0n) is 14.3. The summed E-state index contributed by atoms with van der Waals surface area (Å²) in [6.45, 7) is 4.45. The number of fused-ring (bicyclic) bond motifs is 1. The molecular weight excluding hydrogens is 322 g/mol. The van der Waals surface area contributed by atoms with Crippen LogP contribution in [0.15, 0.2) is 23.0 Å². The normalized spacial score (nSPS) is 24.0. The van der Waals surface area contributed by atoms with Crippen LogP contribution in [0.5, 0.6) is 0 Å². The van der Waals surface area contributed by atoms with Gasteiger partial charge in [0.05, 0.1) is 10.9 Å². The standard InChI is InChI=1S/C18H23N3O2S/c1-10-5-4-6-14(11(10)2)19-16(22)12-7-8-13-15(9-12)20-18(24)21(3)17(13)23/h7-11,14H,4-6H2,1-3H3,(H,19,22)(H,20,24)/t10-,11+,14+/m1/s1. The lowest BCUT2D eigenvalue weighted by Crippen LogP contribution is -2.43. The number of benzene rings is 1. The highest BCUT2D eigenvalue weighted by atomic mass is 32.1. The molecule has 2 aromatic rings. The molecule has 3 rings (SSSR count). The van der Waals surface area contributed by atoms with Crippen molar-refractivity contribution in [2.45, 2.75) is 39.2 Å². The summed E-state index contributed by atoms with van der Waals surface area (Å²) in [5.74, 6) is 1.00. The van der Waals surface area contributed by atoms with Gasteiger partial charge in [-0.1, -0.05) is 26.7 Å². The molecule has 1 aliphatic rings. The number of nitrogens with zero attached hydrogens (tertiary/aromatic N) is 1. The highest BCUT2D eigenvalue weighted by molar-refractivity contribution is 7.71. The first-order valence-corrected chi connectivity index (χ1v) is 8.83. The molecular formula is C18H23N3O2S. The van der Waals surface area contributed by atoms with Gasteiger partial charge in [0, 0.05) is 18.7 Å². The third-order valence-electron chi connectivity index (χ3n) is 5.39. The molecule has 1 fully saturated rings. The molecule has 3 atom stereocenters. The quantitative estimate of drug-likeness (QED) is 0.822. The maximum Gasteiger partial charge on any atom is 0.261 e. The van der Waals surface area contributed by atoms with Gasteiger partial charge in [-0.2, -0.15) is 0 Å². The van der Waals surface area contributed by atoms with Gasteiger partial charge in [0.1, 0.15) is 0 Å². The van der Waals surface area contributed by atoms with Gasteiger partial charge in [-0.05, 0) is 48.7 Å². The first-order valence-electron chi connectivity index (χ1n) is 8.42. The molecule has 0 unspecified atom stereocenters. The second kappa shape index (κ2) is 6.51. The van der Waals surface area contributed by atoms with Crippen molar-refractivity contribution in [1.82, 2.24) is 14.9 Å². The highest BCUT2D eigenvalue weighted by Gasteiger charge is 2.28. The maximum atomic E-state index is 12.6. The van der Waals surface area contributed by atoms with Gasteiger partial charge in [0.15, 0.2) is 4.77 Å². The van der Waals surface area contributed by atoms with Crippen molar-refractivity contribution in [2.75, 3.05) is 0 Å². The van der Waals surface area contributed by atoms with Crippen molar-refractivity contribution in [2.24, 2.45) is 18.9 Å². The summed E-state index contributed by atoms with van der Waals surface area (Å²) in [4.78, 5) is 27.8. The number of carbonyl (C=O) groups excluding carboxylic acids is 1. The molecule has 0 spiro atoms. The molecule has 1 saturated carbocycles. The molecule has 1 amide bonds. The fourth-order valence-electron chi connectivity index (χ4n) is 3.48. The van der Waals surface area contributed by atoms with Crippen LogP contribution < -0.4 is 10.9 Å². The third kappa shape index (κ3) is 3.02. The van der Waals surface area contributed by atoms with E-state index in [2.05, 4.69) is 24.1 Å². The van der Waals surface area contributed by atoms with Crippen molar-refractivity contribution in [3.8, 4) is 0 Å². The Morgan fingerprint density at radius 1 is 1.33 bits per heavy atom. The lowest BCUT2D eigenvalue weighted by Gasteiger charge is -2.34. The second-order valence-electron chi connectivity index (χ2n) is 6.90. The van der Waals surface area contributed by atoms with Crippen LogP contribution in [0.25, 0.3) is 10.9 Å². The molecule has 2 N–H and O–H groups in total. The van der Waals surface area contributed by atoms with Gasteiger partial charge in [0.2, 0.25) is 0 Å². The number of aromatic nitrogens is 2. The van der Waals surface area contributed by atoms with Crippen molar-refractivity contribution < 1.29 is 4.79 Å². The SMILES string of the molecule is C[C@H]1[C@H](C)CCC[C@@H]1NC(=O)c1ccc2c(=O)n(C)c(=S)[nH]c2c1. The number of carbonyl (C=O) groups is 1. The number of amides is 1. The van der Waals surface area contributed by atoms with Gasteiger partial charge in [-0.15, -0.1) is 0 Å². The molecule has 5 nitrogen and oxygen atoms in total. The molecule has 0 bridgehead atoms. The van der Waals surface area contributed by atoms with Crippen LogP contribution >= 0.6 is 12.2 Å². The fraction of sp³-hybridized carbons (Fsp3) is 0.500. The van der Waals surface area contributed by atoms with Gasteiger partial charge < -0.3 is 10.3 Å². The highest BCUT2D eigenvalue weighted by Crippen LogP contribution is 2.29. The number of rotatable bonds is 2. The molecule has 1 aliphatic carbocycles. The monoisotopic (exact) mass is 345 g/mol. The van der Waals surface area contributed by atoms with Crippen LogP contribution in [-0.4, -0.2) is 21.5 Å². The summed E-state index contributed by atoms with van der Waals surface area (Å²) < 4.78 is 1.74. The molecule has 24 heavy (non-hydrogen) atoms. The summed E-state index contributed by atoms with van der Waals surface area (Å²) in [5, 5.41) is 3.69. The van der Waals surface area contributed by atoms with E-state index in [1.54, 1.807) is 25.2 Å². The van der Waals surface area contributed by atoms with E-state index in [1.165, 1.54) is 11.0 Å². The summed E-state index contributed by atoms with van der Waals surface area (Å²) in [5.41, 5.74) is 0.989. The fourth-order valence-corrected chi connectivity index (χ4v) is 3.68. The van der Waals surface area contributed by atoms with Crippen LogP contribution in [0, 0.1) is 16.6 Å². The second-order valence-corrected chi connectivity index (χ2v) is 7.29. The Hall–Kier alpha value is -1.95. The molecule has 0 radical (unpaired) electrons. The number of aromatic amines is 1. The van der Waals surface area contributed by atoms with E-state index < -0.39 is 0 Å². The lowest BCUT2D eigenvalue weighted by atomic mass is 9.78. The van der Waals surface area contributed by atoms with Gasteiger partial charge in [0.25, 0.3) is 11.5 Å². The minimum atomic E-state index is -0.157. The van der Waals surface area contributed by atoms with Crippen LogP contribution in [0.3, 0.4) is 0 Å². The van der Waals surface area contributed by atoms with Gasteiger partial charge in [-0.3, -0.25) is 14.2 Å². The molecule has 0 saturated heterocycles. The molecule has 6 heteroatoms. The van der Waals surface area contributed by atoms with Crippen LogP contribution in [0.2, 0.25) is 0 Å². The Morgan fingerprint density at radius 2 is 2.08 bits per heavy atom. The van der Waals surface area contributed by atoms with E-state index in [0.717, 1.165) is 12.8 Å². The Morgan fingerprint density at radius 3 is 2.83 bits per heavy atom. The Kier molecular flexibility index (Phi) is 4.58. The molecule has 1 heterocycles. The third-order valence-corrected chi connectivity index (χ3v) is 5.76. The molecule has 0 aliphatic heterocycles. The first-order chi connectivity index (χ1) is 11.4. The smallest absolute Gasteiger partial charge is 0.261 e. The average molecular weight is 345 g/mol. The summed E-state index contributed by atoms with van der Waals surface area (Å²) >= 11 is 5.14. The summed E-state index contributed by atoms with van der Waals surface area (Å²) in [7, 11) is 1.63. The van der Waals surface area contributed by atoms with Crippen molar-refractivity contribution in [1.29, 1.82) is 0 Å². The van der Waals surface area contributed by atoms with Crippen LogP contribution in [0.1, 0.15) is 43.5 Å². The van der Waals surface area contributed by atoms with E-state index in [0.29, 0.717) is 33.1 Å². The maximum absolute atomic E-state index is 12.6. The zero-order chi connectivity index (χ0) is 17.4. The number of nitrogens with one attached hydrogen (secondary N) is 2. The predicted octanol–water partition coefficient (Wildman–Crippen LogP) is 3.15. The lowest BCUT2D eigenvalue weighted by molar-refractivity contribution is 0.0891. The average Bonchev–Trinajstić information content (AvgIpc) is 2.56. The number of hydrogen-bond donors (Lipinski definition) is 2. The van der Waals surface area contributed by atoms with E-state index in [9.17, 15) is 9.59 Å². The van der Waals surface area contributed by atoms with Crippen LogP contribution in [-0.2, 0) is 7.05 Å². The zero-order valence-corrected chi connectivity index (χ0v) is 15.1. The van der Waals surface area contributed by atoms with E-state index >= 15 is 0 Å². The summed E-state index contributed by atoms with van der Waals surface area (Å²) in [6.07, 6.45) is 3.40. The molecule has 128 valence electrons. The van der Waals surface area contributed by atoms with Gasteiger partial charge in [-0.25, -0.2) is 0 Å². The Balaban J connectivity index is 1.89. The van der Waals surface area contributed by atoms with E-state index in [1.807, 2.05) is 0 Å². The van der Waals surface area contributed by atoms with Crippen LogP contribution in [0.4, 0.5) is 0 Å². The molecule has 1 aromatic carbocycles. The minimum absolute atomic E-state index is 0.0946. The summed E-state index contributed by atoms with van der Waals surface area (Å²) in [6, 6.07) is 5.30. The predicted molar refractivity (Wildman–Crippen MR) is 97.8 cm³/mol. The van der Waals surface area contributed by atoms with Crippen molar-refractivity contribution in [3.63, 3.8) is 0 Å². The minimum Gasteiger partial charge on any atom is -0.349 e. The van der Waals surface area contributed by atoms with E-state index in [-0.39, 0.29) is 17.5 Å². The molecule has 1 aromatic heterocycles. The topological polar surface area (TPSA) is 66.9 Å². The number of hydrogen-bond acceptors (Lipinski definition) is 3. The van der Waals surface area contributed by atoms with Crippen molar-refractivity contribution in [3.05, 3.63) is 38.9 Å². The Bertz CT molecular complexity index is 899. The van der Waals surface area contributed by atoms with E-state index in [4.69, 9.17) is 12.2 Å². The number of H-pyrrole nitrogens is 1. The Labute approximate surface area is 146 Å². The largest absolute Gasteiger partial charge is 0.349 e. The van der Waals surface area contributed by atoms with Gasteiger partial charge >= 0.3 is 0 Å². The first kappa shape index (κ1) is 16.9.